The summed E-state index contributed by atoms with van der Waals surface area (Å²) in [6.45, 7) is 5.81. The molecule has 6 nitrogen and oxygen atoms in total. The molecule has 0 aliphatic carbocycles. The molecule has 0 spiro atoms. The average molecular weight is 428 g/mol. The lowest BCUT2D eigenvalue weighted by atomic mass is 9.97. The molecular weight excluding hydrogens is 398 g/mol. The summed E-state index contributed by atoms with van der Waals surface area (Å²) in [4.78, 5) is 17.7. The van der Waals surface area contributed by atoms with E-state index in [1.807, 2.05) is 17.0 Å². The average Bonchev–Trinajstić information content (AvgIpc) is 2.80. The summed E-state index contributed by atoms with van der Waals surface area (Å²) < 4.78 is 27.4. The van der Waals surface area contributed by atoms with Crippen molar-refractivity contribution in [3.05, 3.63) is 60.2 Å². The van der Waals surface area contributed by atoms with Crippen LogP contribution in [0.25, 0.3) is 0 Å². The smallest absolute Gasteiger partial charge is 0.243 e. The number of sulfonamides is 1. The van der Waals surface area contributed by atoms with Crippen LogP contribution >= 0.6 is 0 Å². The first kappa shape index (κ1) is 20.9. The highest BCUT2D eigenvalue weighted by atomic mass is 32.2. The first-order chi connectivity index (χ1) is 14.5. The first-order valence-corrected chi connectivity index (χ1v) is 12.1. The molecule has 2 saturated heterocycles. The summed E-state index contributed by atoms with van der Waals surface area (Å²) in [6, 6.07) is 16.8. The summed E-state index contributed by atoms with van der Waals surface area (Å²) >= 11 is 0. The van der Waals surface area contributed by atoms with E-state index in [2.05, 4.69) is 24.0 Å². The Hall–Kier alpha value is -2.38. The number of piperazine rings is 1. The maximum Gasteiger partial charge on any atom is 0.243 e. The molecule has 2 fully saturated rings. The van der Waals surface area contributed by atoms with Gasteiger partial charge in [0.1, 0.15) is 0 Å². The third kappa shape index (κ3) is 4.23. The van der Waals surface area contributed by atoms with Gasteiger partial charge < -0.3 is 9.80 Å². The van der Waals surface area contributed by atoms with Gasteiger partial charge in [0.25, 0.3) is 0 Å². The minimum absolute atomic E-state index is 0.0902. The number of nitrogens with zero attached hydrogens (tertiary/aromatic N) is 3. The largest absolute Gasteiger partial charge is 0.368 e. The fraction of sp³-hybridized carbons (Fsp3) is 0.435. The van der Waals surface area contributed by atoms with E-state index < -0.39 is 10.0 Å². The highest BCUT2D eigenvalue weighted by Gasteiger charge is 2.35. The van der Waals surface area contributed by atoms with Crippen LogP contribution in [0.3, 0.4) is 0 Å². The predicted octanol–water partition coefficient (Wildman–Crippen LogP) is 2.74. The molecule has 4 rings (SSSR count). The van der Waals surface area contributed by atoms with E-state index in [9.17, 15) is 13.2 Å². The number of rotatable bonds is 4. The number of anilines is 1. The van der Waals surface area contributed by atoms with Crippen LogP contribution in [0.2, 0.25) is 0 Å². The number of carbonyl (C=O) groups is 1. The fourth-order valence-corrected chi connectivity index (χ4v) is 5.99. The molecule has 7 heteroatoms. The molecule has 0 radical (unpaired) electrons. The van der Waals surface area contributed by atoms with Gasteiger partial charge in [-0.15, -0.1) is 0 Å². The Kier molecular flexibility index (Phi) is 6.11. The van der Waals surface area contributed by atoms with Crippen molar-refractivity contribution in [3.8, 4) is 0 Å². The monoisotopic (exact) mass is 427 g/mol. The lowest BCUT2D eigenvalue weighted by molar-refractivity contribution is -0.137. The molecule has 0 saturated carbocycles. The normalized spacial score (nSPS) is 20.9. The van der Waals surface area contributed by atoms with E-state index in [0.29, 0.717) is 31.0 Å². The summed E-state index contributed by atoms with van der Waals surface area (Å²) in [5, 5.41) is 0. The van der Waals surface area contributed by atoms with Gasteiger partial charge in [0.05, 0.1) is 10.8 Å². The van der Waals surface area contributed by atoms with Crippen LogP contribution in [0.1, 0.15) is 18.4 Å². The van der Waals surface area contributed by atoms with Crippen molar-refractivity contribution in [1.82, 2.24) is 9.21 Å². The molecule has 1 atom stereocenters. The van der Waals surface area contributed by atoms with Crippen molar-refractivity contribution < 1.29 is 13.2 Å². The van der Waals surface area contributed by atoms with Crippen molar-refractivity contribution in [3.63, 3.8) is 0 Å². The van der Waals surface area contributed by atoms with Gasteiger partial charge in [-0.05, 0) is 43.5 Å². The topological polar surface area (TPSA) is 60.9 Å². The van der Waals surface area contributed by atoms with Crippen LogP contribution in [-0.4, -0.2) is 62.8 Å². The summed E-state index contributed by atoms with van der Waals surface area (Å²) in [7, 11) is -3.55. The van der Waals surface area contributed by atoms with Crippen molar-refractivity contribution in [2.75, 3.05) is 44.2 Å². The number of aryl methyl sites for hydroxylation is 1. The van der Waals surface area contributed by atoms with Crippen molar-refractivity contribution in [2.24, 2.45) is 5.92 Å². The van der Waals surface area contributed by atoms with Crippen molar-refractivity contribution >= 4 is 21.6 Å². The van der Waals surface area contributed by atoms with Crippen LogP contribution in [-0.2, 0) is 14.8 Å². The number of piperidine rings is 1. The summed E-state index contributed by atoms with van der Waals surface area (Å²) in [5.74, 6) is -0.172. The van der Waals surface area contributed by atoms with Crippen LogP contribution in [0.15, 0.2) is 59.5 Å². The molecule has 2 aliphatic rings. The molecular formula is C23H29N3O3S. The Morgan fingerprint density at radius 1 is 0.900 bits per heavy atom. The van der Waals surface area contributed by atoms with E-state index >= 15 is 0 Å². The third-order valence-corrected chi connectivity index (χ3v) is 8.04. The predicted molar refractivity (Wildman–Crippen MR) is 118 cm³/mol. The molecule has 0 bridgehead atoms. The van der Waals surface area contributed by atoms with Gasteiger partial charge in [0.15, 0.2) is 0 Å². The summed E-state index contributed by atoms with van der Waals surface area (Å²) in [5.41, 5.74) is 2.47. The molecule has 0 aromatic heterocycles. The van der Waals surface area contributed by atoms with Gasteiger partial charge in [-0.2, -0.15) is 4.31 Å². The molecule has 2 heterocycles. The van der Waals surface area contributed by atoms with Crippen LogP contribution in [0.4, 0.5) is 5.69 Å². The summed E-state index contributed by atoms with van der Waals surface area (Å²) in [6.07, 6.45) is 1.46. The van der Waals surface area contributed by atoms with Gasteiger partial charge in [-0.25, -0.2) is 8.42 Å². The molecule has 2 aromatic carbocycles. The Morgan fingerprint density at radius 2 is 1.57 bits per heavy atom. The van der Waals surface area contributed by atoms with Gasteiger partial charge in [0.2, 0.25) is 15.9 Å². The zero-order valence-electron chi connectivity index (χ0n) is 17.4. The number of para-hydroxylation sites is 1. The highest BCUT2D eigenvalue weighted by Crippen LogP contribution is 2.26. The minimum atomic E-state index is -3.55. The lowest BCUT2D eigenvalue weighted by Crippen LogP contribution is -2.53. The molecule has 0 N–H and O–H groups in total. The molecule has 2 aromatic rings. The molecule has 160 valence electrons. The van der Waals surface area contributed by atoms with Gasteiger partial charge in [0, 0.05) is 45.0 Å². The third-order valence-electron chi connectivity index (χ3n) is 6.16. The van der Waals surface area contributed by atoms with Crippen LogP contribution < -0.4 is 4.90 Å². The Balaban J connectivity index is 1.39. The quantitative estimate of drug-likeness (QED) is 0.753. The first-order valence-electron chi connectivity index (χ1n) is 10.6. The van der Waals surface area contributed by atoms with Crippen molar-refractivity contribution in [2.45, 2.75) is 24.7 Å². The van der Waals surface area contributed by atoms with E-state index in [1.165, 1.54) is 15.6 Å². The Morgan fingerprint density at radius 3 is 2.27 bits per heavy atom. The Labute approximate surface area is 179 Å². The molecule has 2 aliphatic heterocycles. The van der Waals surface area contributed by atoms with Crippen LogP contribution in [0.5, 0.6) is 0 Å². The highest BCUT2D eigenvalue weighted by molar-refractivity contribution is 7.89. The minimum Gasteiger partial charge on any atom is -0.368 e. The second-order valence-corrected chi connectivity index (χ2v) is 10.1. The molecule has 30 heavy (non-hydrogen) atoms. The maximum absolute atomic E-state index is 13.2. The van der Waals surface area contributed by atoms with Crippen LogP contribution in [0, 0.1) is 12.8 Å². The number of carbonyl (C=O) groups excluding carboxylic acids is 1. The Bertz CT molecular complexity index is 986. The van der Waals surface area contributed by atoms with Gasteiger partial charge in [-0.3, -0.25) is 4.79 Å². The standard InChI is InChI=1S/C23H29N3O3S/c1-19-8-5-6-12-22(19)24-14-16-25(17-15-24)23(27)20-9-7-13-26(18-20)30(28,29)21-10-3-2-4-11-21/h2-6,8,10-12,20H,7,9,13-18H2,1H3. The number of benzene rings is 2. The lowest BCUT2D eigenvalue weighted by Gasteiger charge is -2.39. The van der Waals surface area contributed by atoms with Gasteiger partial charge >= 0.3 is 0 Å². The van der Waals surface area contributed by atoms with E-state index in [1.54, 1.807) is 30.3 Å². The van der Waals surface area contributed by atoms with E-state index in [4.69, 9.17) is 0 Å². The molecule has 1 amide bonds. The fourth-order valence-electron chi connectivity index (χ4n) is 4.45. The second-order valence-electron chi connectivity index (χ2n) is 8.11. The number of hydrogen-bond donors (Lipinski definition) is 0. The van der Waals surface area contributed by atoms with Crippen molar-refractivity contribution in [1.29, 1.82) is 0 Å². The second kappa shape index (κ2) is 8.78. The SMILES string of the molecule is Cc1ccccc1N1CCN(C(=O)C2CCCN(S(=O)(=O)c3ccccc3)C2)CC1. The number of amides is 1. The van der Waals surface area contributed by atoms with E-state index in [-0.39, 0.29) is 18.4 Å². The maximum atomic E-state index is 13.2. The van der Waals surface area contributed by atoms with Gasteiger partial charge in [-0.1, -0.05) is 36.4 Å². The zero-order chi connectivity index (χ0) is 21.1. The zero-order valence-corrected chi connectivity index (χ0v) is 18.2. The number of hydrogen-bond acceptors (Lipinski definition) is 4. The van der Waals surface area contributed by atoms with E-state index in [0.717, 1.165) is 19.5 Å². The molecule has 1 unspecified atom stereocenters.